The smallest absolute Gasteiger partial charge is 0.253 e. The van der Waals surface area contributed by atoms with Crippen LogP contribution in [0.4, 0.5) is 8.78 Å². The van der Waals surface area contributed by atoms with Gasteiger partial charge in [-0.1, -0.05) is 6.07 Å². The Morgan fingerprint density at radius 3 is 2.58 bits per heavy atom. The summed E-state index contributed by atoms with van der Waals surface area (Å²) >= 11 is 0. The molecular weight excluding hydrogens is 400 g/mol. The second-order valence-electron chi connectivity index (χ2n) is 8.81. The van der Waals surface area contributed by atoms with Gasteiger partial charge in [0.2, 0.25) is 5.92 Å². The van der Waals surface area contributed by atoms with Crippen molar-refractivity contribution in [2.75, 3.05) is 13.7 Å². The van der Waals surface area contributed by atoms with Gasteiger partial charge in [-0.3, -0.25) is 4.79 Å². The van der Waals surface area contributed by atoms with Crippen LogP contribution < -0.4 is 5.56 Å². The molecule has 0 N–H and O–H groups in total. The van der Waals surface area contributed by atoms with Gasteiger partial charge in [0.25, 0.3) is 5.56 Å². The third kappa shape index (κ3) is 4.15. The Morgan fingerprint density at radius 1 is 1.23 bits per heavy atom. The topological polar surface area (TPSA) is 49.1 Å². The minimum atomic E-state index is -2.57. The Morgan fingerprint density at radius 2 is 1.94 bits per heavy atom. The highest BCUT2D eigenvalue weighted by atomic mass is 19.3. The monoisotopic (exact) mass is 429 g/mol. The lowest BCUT2D eigenvalue weighted by Crippen LogP contribution is -2.26. The molecule has 31 heavy (non-hydrogen) atoms. The van der Waals surface area contributed by atoms with Crippen molar-refractivity contribution in [3.8, 4) is 11.1 Å². The fraction of sp³-hybridized carbons (Fsp3) is 0.500. The highest BCUT2D eigenvalue weighted by Gasteiger charge is 2.37. The molecule has 1 aromatic carbocycles. The van der Waals surface area contributed by atoms with Gasteiger partial charge in [-0.15, -0.1) is 0 Å². The van der Waals surface area contributed by atoms with Crippen LogP contribution >= 0.6 is 0 Å². The summed E-state index contributed by atoms with van der Waals surface area (Å²) in [6.07, 6.45) is 2.51. The first kappa shape index (κ1) is 21.7. The molecule has 2 aromatic heterocycles. The number of pyridine rings is 1. The molecule has 2 heterocycles. The van der Waals surface area contributed by atoms with Crippen molar-refractivity contribution >= 4 is 11.0 Å². The van der Waals surface area contributed by atoms with Crippen molar-refractivity contribution in [2.45, 2.75) is 57.4 Å². The van der Waals surface area contributed by atoms with Crippen molar-refractivity contribution in [1.82, 2.24) is 14.1 Å². The third-order valence-electron chi connectivity index (χ3n) is 6.34. The van der Waals surface area contributed by atoms with E-state index in [1.807, 2.05) is 31.3 Å². The Balaban J connectivity index is 1.83. The van der Waals surface area contributed by atoms with Gasteiger partial charge in [-0.25, -0.2) is 13.8 Å². The maximum atomic E-state index is 13.7. The van der Waals surface area contributed by atoms with E-state index in [4.69, 9.17) is 9.72 Å². The number of nitrogens with zero attached hydrogens (tertiary/aromatic N) is 3. The van der Waals surface area contributed by atoms with Gasteiger partial charge in [0.1, 0.15) is 5.82 Å². The summed E-state index contributed by atoms with van der Waals surface area (Å²) in [5.41, 5.74) is 4.41. The molecule has 0 saturated heterocycles. The minimum absolute atomic E-state index is 0.00886. The highest BCUT2D eigenvalue weighted by Crippen LogP contribution is 2.42. The van der Waals surface area contributed by atoms with Gasteiger partial charge < -0.3 is 13.9 Å². The number of halogens is 2. The zero-order chi connectivity index (χ0) is 22.3. The number of rotatable bonds is 5. The molecule has 0 aliphatic heterocycles. The van der Waals surface area contributed by atoms with Crippen LogP contribution in [0.1, 0.15) is 56.0 Å². The van der Waals surface area contributed by atoms with Crippen molar-refractivity contribution in [2.24, 2.45) is 7.05 Å². The highest BCUT2D eigenvalue weighted by molar-refractivity contribution is 5.83. The Labute approximate surface area is 180 Å². The Bertz CT molecular complexity index is 1130. The van der Waals surface area contributed by atoms with Gasteiger partial charge in [-0.05, 0) is 56.0 Å². The summed E-state index contributed by atoms with van der Waals surface area (Å²) in [7, 11) is 3.41. The number of alkyl halides is 2. The molecule has 1 unspecified atom stereocenters. The fourth-order valence-corrected chi connectivity index (χ4v) is 4.69. The molecule has 3 aromatic rings. The van der Waals surface area contributed by atoms with Gasteiger partial charge >= 0.3 is 0 Å². The van der Waals surface area contributed by atoms with Crippen LogP contribution in [0.5, 0.6) is 0 Å². The van der Waals surface area contributed by atoms with E-state index in [-0.39, 0.29) is 30.4 Å². The Hall–Kier alpha value is -2.54. The van der Waals surface area contributed by atoms with Gasteiger partial charge in [0, 0.05) is 44.7 Å². The molecule has 1 fully saturated rings. The Kier molecular flexibility index (Phi) is 5.73. The van der Waals surface area contributed by atoms with Gasteiger partial charge in [0.15, 0.2) is 0 Å². The number of hydrogen-bond donors (Lipinski definition) is 0. The average molecular weight is 430 g/mol. The lowest BCUT2D eigenvalue weighted by molar-refractivity contribution is -0.0390. The van der Waals surface area contributed by atoms with Crippen LogP contribution in [0.25, 0.3) is 22.2 Å². The molecule has 0 amide bonds. The van der Waals surface area contributed by atoms with Crippen molar-refractivity contribution in [3.63, 3.8) is 0 Å². The first-order chi connectivity index (χ1) is 14.7. The molecule has 0 radical (unpaired) electrons. The van der Waals surface area contributed by atoms with Crippen LogP contribution in [0.3, 0.4) is 0 Å². The molecule has 1 aliphatic carbocycles. The van der Waals surface area contributed by atoms with E-state index in [0.29, 0.717) is 25.0 Å². The molecule has 7 heteroatoms. The van der Waals surface area contributed by atoms with Crippen LogP contribution in [0, 0.1) is 6.92 Å². The second kappa shape index (κ2) is 8.19. The average Bonchev–Trinajstić information content (AvgIpc) is 3.10. The van der Waals surface area contributed by atoms with E-state index in [1.165, 1.54) is 0 Å². The molecule has 5 nitrogen and oxygen atoms in total. The zero-order valence-electron chi connectivity index (χ0n) is 18.5. The first-order valence-electron chi connectivity index (χ1n) is 10.8. The lowest BCUT2D eigenvalue weighted by atomic mass is 9.86. The third-order valence-corrected chi connectivity index (χ3v) is 6.34. The molecule has 1 aliphatic rings. The number of fused-ring (bicyclic) bond motifs is 1. The van der Waals surface area contributed by atoms with E-state index in [0.717, 1.165) is 28.0 Å². The van der Waals surface area contributed by atoms with Gasteiger partial charge in [-0.2, -0.15) is 0 Å². The van der Waals surface area contributed by atoms with E-state index in [9.17, 15) is 13.6 Å². The predicted octanol–water partition coefficient (Wildman–Crippen LogP) is 5.21. The molecule has 166 valence electrons. The summed E-state index contributed by atoms with van der Waals surface area (Å²) < 4.78 is 36.6. The SMILES string of the molecule is COCC(C)n1c(C2CCC(F)(F)CC2)nc2ccc(-c3cc(C)c(=O)n(C)c3)cc21. The predicted molar refractivity (Wildman–Crippen MR) is 118 cm³/mol. The zero-order valence-corrected chi connectivity index (χ0v) is 18.5. The summed E-state index contributed by atoms with van der Waals surface area (Å²) in [5, 5.41) is 0. The first-order valence-corrected chi connectivity index (χ1v) is 10.8. The molecule has 0 bridgehead atoms. The summed E-state index contributed by atoms with van der Waals surface area (Å²) in [4.78, 5) is 17.0. The summed E-state index contributed by atoms with van der Waals surface area (Å²) in [6.45, 7) is 4.38. The van der Waals surface area contributed by atoms with E-state index >= 15 is 0 Å². The number of methoxy groups -OCH3 is 1. The molecule has 1 saturated carbocycles. The van der Waals surface area contributed by atoms with Crippen LogP contribution in [0.15, 0.2) is 35.3 Å². The standard InChI is InChI=1S/C24H29F2N3O2/c1-15-11-19(13-28(3)23(15)30)18-5-6-20-21(12-18)29(16(2)14-31-4)22(27-20)17-7-9-24(25,26)10-8-17/h5-6,11-13,16-17H,7-10,14H2,1-4H3. The molecular formula is C24H29F2N3O2. The maximum absolute atomic E-state index is 13.7. The van der Waals surface area contributed by atoms with Crippen molar-refractivity contribution in [1.29, 1.82) is 0 Å². The number of aryl methyl sites for hydroxylation is 2. The van der Waals surface area contributed by atoms with Gasteiger partial charge in [0.05, 0.1) is 23.7 Å². The van der Waals surface area contributed by atoms with Crippen LogP contribution in [-0.4, -0.2) is 33.8 Å². The maximum Gasteiger partial charge on any atom is 0.253 e. The van der Waals surface area contributed by atoms with Crippen molar-refractivity contribution in [3.05, 3.63) is 52.2 Å². The van der Waals surface area contributed by atoms with Crippen LogP contribution in [-0.2, 0) is 11.8 Å². The molecule has 0 spiro atoms. The lowest BCUT2D eigenvalue weighted by Gasteiger charge is -2.29. The van der Waals surface area contributed by atoms with E-state index in [1.54, 1.807) is 18.7 Å². The van der Waals surface area contributed by atoms with E-state index in [2.05, 4.69) is 17.6 Å². The number of imidazole rings is 1. The normalized spacial score (nSPS) is 17.9. The number of ether oxygens (including phenoxy) is 1. The quantitative estimate of drug-likeness (QED) is 0.559. The van der Waals surface area contributed by atoms with E-state index < -0.39 is 5.92 Å². The summed E-state index contributed by atoms with van der Waals surface area (Å²) in [5.74, 6) is -1.70. The fourth-order valence-electron chi connectivity index (χ4n) is 4.69. The largest absolute Gasteiger partial charge is 0.383 e. The minimum Gasteiger partial charge on any atom is -0.383 e. The second-order valence-corrected chi connectivity index (χ2v) is 8.81. The number of hydrogen-bond acceptors (Lipinski definition) is 3. The van der Waals surface area contributed by atoms with Crippen molar-refractivity contribution < 1.29 is 13.5 Å². The molecule has 1 atom stereocenters. The summed E-state index contributed by atoms with van der Waals surface area (Å²) in [6, 6.07) is 7.96. The number of aromatic nitrogens is 3. The van der Waals surface area contributed by atoms with Crippen LogP contribution in [0.2, 0.25) is 0 Å². The number of benzene rings is 1. The molecule has 4 rings (SSSR count).